The summed E-state index contributed by atoms with van der Waals surface area (Å²) in [6, 6.07) is 10.2. The lowest BCUT2D eigenvalue weighted by Crippen LogP contribution is -2.24. The monoisotopic (exact) mass is 322 g/mol. The van der Waals surface area contributed by atoms with Gasteiger partial charge in [-0.25, -0.2) is 4.98 Å². The molecule has 3 aromatic heterocycles. The van der Waals surface area contributed by atoms with E-state index in [1.165, 1.54) is 0 Å². The second kappa shape index (κ2) is 7.25. The second-order valence-corrected chi connectivity index (χ2v) is 5.79. The van der Waals surface area contributed by atoms with E-state index in [0.29, 0.717) is 13.0 Å². The number of rotatable bonds is 6. The molecule has 1 amide bonds. The van der Waals surface area contributed by atoms with E-state index in [1.807, 2.05) is 38.4 Å². The highest BCUT2D eigenvalue weighted by molar-refractivity contribution is 5.84. The lowest BCUT2D eigenvalue weighted by atomic mass is 10.1. The SMILES string of the molecule is CCC(=O)NCCCn1c(-c2cccnc2C)cc2cccnc21. The van der Waals surface area contributed by atoms with Crippen LogP contribution in [0.2, 0.25) is 0 Å². The van der Waals surface area contributed by atoms with Crippen LogP contribution in [-0.4, -0.2) is 27.0 Å². The van der Waals surface area contributed by atoms with Crippen molar-refractivity contribution in [1.29, 1.82) is 0 Å². The molecule has 3 rings (SSSR count). The van der Waals surface area contributed by atoms with Gasteiger partial charge in [0.15, 0.2) is 0 Å². The van der Waals surface area contributed by atoms with Gasteiger partial charge in [0.05, 0.1) is 5.69 Å². The zero-order valence-electron chi connectivity index (χ0n) is 14.1. The van der Waals surface area contributed by atoms with Crippen LogP contribution in [0.5, 0.6) is 0 Å². The molecule has 3 heterocycles. The molecule has 24 heavy (non-hydrogen) atoms. The maximum atomic E-state index is 11.4. The van der Waals surface area contributed by atoms with Crippen molar-refractivity contribution in [3.63, 3.8) is 0 Å². The molecule has 0 aliphatic heterocycles. The molecule has 1 N–H and O–H groups in total. The van der Waals surface area contributed by atoms with Crippen LogP contribution in [0.15, 0.2) is 42.7 Å². The Bertz CT molecular complexity index is 853. The molecular formula is C19H22N4O. The Morgan fingerprint density at radius 3 is 2.79 bits per heavy atom. The van der Waals surface area contributed by atoms with Crippen molar-refractivity contribution in [1.82, 2.24) is 19.9 Å². The summed E-state index contributed by atoms with van der Waals surface area (Å²) in [6.07, 6.45) is 5.01. The van der Waals surface area contributed by atoms with Gasteiger partial charge in [0.1, 0.15) is 5.65 Å². The summed E-state index contributed by atoms with van der Waals surface area (Å²) in [5, 5.41) is 4.05. The average molecular weight is 322 g/mol. The number of amides is 1. The van der Waals surface area contributed by atoms with Crippen LogP contribution in [0.4, 0.5) is 0 Å². The molecule has 0 atom stereocenters. The number of pyridine rings is 2. The third kappa shape index (κ3) is 3.30. The number of aryl methyl sites for hydroxylation is 2. The van der Waals surface area contributed by atoms with E-state index in [1.54, 1.807) is 0 Å². The lowest BCUT2D eigenvalue weighted by Gasteiger charge is -2.12. The third-order valence-corrected chi connectivity index (χ3v) is 4.14. The molecule has 0 aliphatic carbocycles. The topological polar surface area (TPSA) is 59.8 Å². The van der Waals surface area contributed by atoms with Gasteiger partial charge < -0.3 is 9.88 Å². The standard InChI is InChI=1S/C19H22N4O/c1-3-18(24)21-11-6-12-23-17(16-8-5-9-20-14(16)2)13-15-7-4-10-22-19(15)23/h4-5,7-10,13H,3,6,11-12H2,1-2H3,(H,21,24). The van der Waals surface area contributed by atoms with Crippen molar-refractivity contribution in [2.75, 3.05) is 6.54 Å². The zero-order chi connectivity index (χ0) is 16.9. The Morgan fingerprint density at radius 1 is 1.21 bits per heavy atom. The summed E-state index contributed by atoms with van der Waals surface area (Å²) in [4.78, 5) is 20.3. The smallest absolute Gasteiger partial charge is 0.219 e. The fourth-order valence-corrected chi connectivity index (χ4v) is 2.88. The Morgan fingerprint density at radius 2 is 2.00 bits per heavy atom. The van der Waals surface area contributed by atoms with Gasteiger partial charge in [0, 0.05) is 48.5 Å². The van der Waals surface area contributed by atoms with Crippen LogP contribution < -0.4 is 5.32 Å². The molecule has 0 bridgehead atoms. The van der Waals surface area contributed by atoms with Crippen LogP contribution >= 0.6 is 0 Å². The summed E-state index contributed by atoms with van der Waals surface area (Å²) >= 11 is 0. The van der Waals surface area contributed by atoms with E-state index in [-0.39, 0.29) is 5.91 Å². The fraction of sp³-hybridized carbons (Fsp3) is 0.316. The highest BCUT2D eigenvalue weighted by Gasteiger charge is 2.13. The minimum absolute atomic E-state index is 0.0915. The predicted octanol–water partition coefficient (Wildman–Crippen LogP) is 3.32. The van der Waals surface area contributed by atoms with Crippen molar-refractivity contribution in [2.45, 2.75) is 33.2 Å². The lowest BCUT2D eigenvalue weighted by molar-refractivity contribution is -0.120. The predicted molar refractivity (Wildman–Crippen MR) is 95.6 cm³/mol. The second-order valence-electron chi connectivity index (χ2n) is 5.79. The van der Waals surface area contributed by atoms with E-state index in [2.05, 4.69) is 38.1 Å². The van der Waals surface area contributed by atoms with E-state index < -0.39 is 0 Å². The molecule has 124 valence electrons. The molecule has 3 aromatic rings. The van der Waals surface area contributed by atoms with Crippen LogP contribution in [0, 0.1) is 6.92 Å². The van der Waals surface area contributed by atoms with Gasteiger partial charge in [-0.3, -0.25) is 9.78 Å². The van der Waals surface area contributed by atoms with Crippen molar-refractivity contribution in [3.8, 4) is 11.3 Å². The number of carbonyl (C=O) groups excluding carboxylic acids is 1. The number of nitrogens with one attached hydrogen (secondary N) is 1. The first kappa shape index (κ1) is 16.2. The van der Waals surface area contributed by atoms with E-state index in [9.17, 15) is 4.79 Å². The van der Waals surface area contributed by atoms with E-state index >= 15 is 0 Å². The molecular weight excluding hydrogens is 300 g/mol. The van der Waals surface area contributed by atoms with Crippen LogP contribution in [0.3, 0.4) is 0 Å². The molecule has 0 fully saturated rings. The van der Waals surface area contributed by atoms with Gasteiger partial charge in [0.2, 0.25) is 5.91 Å². The fourth-order valence-electron chi connectivity index (χ4n) is 2.88. The minimum atomic E-state index is 0.0915. The maximum absolute atomic E-state index is 11.4. The number of aromatic nitrogens is 3. The van der Waals surface area contributed by atoms with Gasteiger partial charge in [0.25, 0.3) is 0 Å². The van der Waals surface area contributed by atoms with Crippen molar-refractivity contribution >= 4 is 16.9 Å². The summed E-state index contributed by atoms with van der Waals surface area (Å²) in [5.41, 5.74) is 4.21. The number of carbonyl (C=O) groups is 1. The van der Waals surface area contributed by atoms with Gasteiger partial charge in [-0.15, -0.1) is 0 Å². The zero-order valence-corrected chi connectivity index (χ0v) is 14.1. The van der Waals surface area contributed by atoms with Gasteiger partial charge >= 0.3 is 0 Å². The van der Waals surface area contributed by atoms with E-state index in [0.717, 1.165) is 41.0 Å². The van der Waals surface area contributed by atoms with Gasteiger partial charge in [-0.1, -0.05) is 6.92 Å². The first-order chi connectivity index (χ1) is 11.7. The maximum Gasteiger partial charge on any atom is 0.219 e. The molecule has 0 aliphatic rings. The Kier molecular flexibility index (Phi) is 4.89. The highest BCUT2D eigenvalue weighted by atomic mass is 16.1. The average Bonchev–Trinajstić information content (AvgIpc) is 2.97. The van der Waals surface area contributed by atoms with E-state index in [4.69, 9.17) is 0 Å². The molecule has 0 aromatic carbocycles. The molecule has 5 nitrogen and oxygen atoms in total. The molecule has 0 spiro atoms. The first-order valence-electron chi connectivity index (χ1n) is 8.33. The molecule has 5 heteroatoms. The van der Waals surface area contributed by atoms with Crippen LogP contribution in [-0.2, 0) is 11.3 Å². The van der Waals surface area contributed by atoms with Crippen molar-refractivity contribution < 1.29 is 4.79 Å². The quantitative estimate of drug-likeness (QED) is 0.708. The number of fused-ring (bicyclic) bond motifs is 1. The summed E-state index contributed by atoms with van der Waals surface area (Å²) < 4.78 is 2.22. The molecule has 0 radical (unpaired) electrons. The number of hydrogen-bond acceptors (Lipinski definition) is 3. The van der Waals surface area contributed by atoms with Crippen LogP contribution in [0.1, 0.15) is 25.5 Å². The summed E-state index contributed by atoms with van der Waals surface area (Å²) in [6.45, 7) is 5.35. The summed E-state index contributed by atoms with van der Waals surface area (Å²) in [7, 11) is 0. The first-order valence-corrected chi connectivity index (χ1v) is 8.33. The molecule has 0 saturated heterocycles. The van der Waals surface area contributed by atoms with Gasteiger partial charge in [-0.2, -0.15) is 0 Å². The third-order valence-electron chi connectivity index (χ3n) is 4.14. The van der Waals surface area contributed by atoms with Crippen molar-refractivity contribution in [3.05, 3.63) is 48.4 Å². The normalized spacial score (nSPS) is 10.9. The van der Waals surface area contributed by atoms with Crippen molar-refractivity contribution in [2.24, 2.45) is 0 Å². The minimum Gasteiger partial charge on any atom is -0.356 e. The number of hydrogen-bond donors (Lipinski definition) is 1. The highest BCUT2D eigenvalue weighted by Crippen LogP contribution is 2.28. The Balaban J connectivity index is 1.91. The summed E-state index contributed by atoms with van der Waals surface area (Å²) in [5.74, 6) is 0.0915. The molecule has 0 saturated carbocycles. The Hall–Kier alpha value is -2.69. The van der Waals surface area contributed by atoms with Gasteiger partial charge in [-0.05, 0) is 43.7 Å². The number of nitrogens with zero attached hydrogens (tertiary/aromatic N) is 3. The molecule has 0 unspecified atom stereocenters. The largest absolute Gasteiger partial charge is 0.356 e. The Labute approximate surface area is 141 Å². The van der Waals surface area contributed by atoms with Crippen LogP contribution in [0.25, 0.3) is 22.3 Å².